The molecule has 0 bridgehead atoms. The van der Waals surface area contributed by atoms with E-state index in [0.29, 0.717) is 11.7 Å². The summed E-state index contributed by atoms with van der Waals surface area (Å²) in [5.41, 5.74) is 0.985. The van der Waals surface area contributed by atoms with Gasteiger partial charge in [-0.3, -0.25) is 9.78 Å². The first kappa shape index (κ1) is 18.4. The number of rotatable bonds is 9. The molecule has 0 aromatic carbocycles. The minimum absolute atomic E-state index is 0.0390. The molecule has 2 aromatic heterocycles. The van der Waals surface area contributed by atoms with E-state index >= 15 is 0 Å². The van der Waals surface area contributed by atoms with Gasteiger partial charge in [-0.1, -0.05) is 32.5 Å². The SMILES string of the molecule is CCCn1c(SCC(=O)NCCC(C)C)nnc1-c1ccncc1. The van der Waals surface area contributed by atoms with Gasteiger partial charge >= 0.3 is 0 Å². The van der Waals surface area contributed by atoms with Crippen LogP contribution in [-0.4, -0.2) is 38.0 Å². The second kappa shape index (κ2) is 9.42. The van der Waals surface area contributed by atoms with Gasteiger partial charge in [0.1, 0.15) is 0 Å². The number of nitrogens with zero attached hydrogens (tertiary/aromatic N) is 4. The monoisotopic (exact) mass is 347 g/mol. The molecule has 2 rings (SSSR count). The normalized spacial score (nSPS) is 11.0. The van der Waals surface area contributed by atoms with Crippen molar-refractivity contribution in [3.63, 3.8) is 0 Å². The van der Waals surface area contributed by atoms with E-state index in [1.54, 1.807) is 12.4 Å². The van der Waals surface area contributed by atoms with Gasteiger partial charge in [0, 0.05) is 31.0 Å². The van der Waals surface area contributed by atoms with Gasteiger partial charge in [0.25, 0.3) is 0 Å². The van der Waals surface area contributed by atoms with Crippen LogP contribution in [0.5, 0.6) is 0 Å². The van der Waals surface area contributed by atoms with Crippen molar-refractivity contribution < 1.29 is 4.79 Å². The smallest absolute Gasteiger partial charge is 0.230 e. The number of thioether (sulfide) groups is 1. The van der Waals surface area contributed by atoms with Gasteiger partial charge in [-0.2, -0.15) is 0 Å². The highest BCUT2D eigenvalue weighted by molar-refractivity contribution is 7.99. The Balaban J connectivity index is 2.00. The third-order valence-electron chi connectivity index (χ3n) is 3.48. The summed E-state index contributed by atoms with van der Waals surface area (Å²) in [6.45, 7) is 7.95. The fraction of sp³-hybridized carbons (Fsp3) is 0.529. The Morgan fingerprint density at radius 3 is 2.71 bits per heavy atom. The van der Waals surface area contributed by atoms with Crippen molar-refractivity contribution in [2.45, 2.75) is 45.3 Å². The second-order valence-corrected chi connectivity index (χ2v) is 6.96. The molecule has 24 heavy (non-hydrogen) atoms. The Kier molecular flexibility index (Phi) is 7.24. The molecule has 2 heterocycles. The number of carbonyl (C=O) groups is 1. The zero-order valence-electron chi connectivity index (χ0n) is 14.5. The Labute approximate surface area is 147 Å². The molecule has 0 unspecified atom stereocenters. The summed E-state index contributed by atoms with van der Waals surface area (Å²) in [6, 6.07) is 3.84. The van der Waals surface area contributed by atoms with Crippen molar-refractivity contribution in [1.82, 2.24) is 25.1 Å². The average Bonchev–Trinajstić information content (AvgIpc) is 2.96. The number of pyridine rings is 1. The van der Waals surface area contributed by atoms with Crippen LogP contribution in [0.15, 0.2) is 29.7 Å². The summed E-state index contributed by atoms with van der Waals surface area (Å²) < 4.78 is 2.07. The molecule has 130 valence electrons. The van der Waals surface area contributed by atoms with E-state index in [2.05, 4.69) is 45.8 Å². The summed E-state index contributed by atoms with van der Waals surface area (Å²) in [5, 5.41) is 12.3. The quantitative estimate of drug-likeness (QED) is 0.706. The molecule has 0 fully saturated rings. The lowest BCUT2D eigenvalue weighted by atomic mass is 10.1. The topological polar surface area (TPSA) is 72.7 Å². The Morgan fingerprint density at radius 1 is 1.29 bits per heavy atom. The lowest BCUT2D eigenvalue weighted by Crippen LogP contribution is -2.27. The van der Waals surface area contributed by atoms with E-state index in [0.717, 1.165) is 42.5 Å². The van der Waals surface area contributed by atoms with Crippen molar-refractivity contribution in [2.24, 2.45) is 5.92 Å². The molecule has 0 spiro atoms. The molecular formula is C17H25N5OS. The van der Waals surface area contributed by atoms with E-state index in [4.69, 9.17) is 0 Å². The summed E-state index contributed by atoms with van der Waals surface area (Å²) in [6.07, 6.45) is 5.46. The molecule has 2 aromatic rings. The average molecular weight is 347 g/mol. The molecule has 6 nitrogen and oxygen atoms in total. The first-order valence-electron chi connectivity index (χ1n) is 8.35. The van der Waals surface area contributed by atoms with E-state index in [9.17, 15) is 4.79 Å². The van der Waals surface area contributed by atoms with Crippen LogP contribution in [0.25, 0.3) is 11.4 Å². The standard InChI is InChI=1S/C17H25N5OS/c1-4-11-22-16(14-6-8-18-9-7-14)20-21-17(22)24-12-15(23)19-10-5-13(2)3/h6-9,13H,4-5,10-12H2,1-3H3,(H,19,23). The van der Waals surface area contributed by atoms with Crippen molar-refractivity contribution in [3.05, 3.63) is 24.5 Å². The van der Waals surface area contributed by atoms with Crippen LogP contribution in [0.2, 0.25) is 0 Å². The minimum Gasteiger partial charge on any atom is -0.355 e. The molecule has 0 aliphatic rings. The highest BCUT2D eigenvalue weighted by atomic mass is 32.2. The third-order valence-corrected chi connectivity index (χ3v) is 4.45. The third kappa shape index (κ3) is 5.33. The zero-order valence-corrected chi connectivity index (χ0v) is 15.3. The summed E-state index contributed by atoms with van der Waals surface area (Å²) in [7, 11) is 0. The molecule has 0 saturated carbocycles. The highest BCUT2D eigenvalue weighted by Crippen LogP contribution is 2.23. The van der Waals surface area contributed by atoms with Gasteiger partial charge in [0.05, 0.1) is 5.75 Å². The Hall–Kier alpha value is -1.89. The van der Waals surface area contributed by atoms with E-state index in [-0.39, 0.29) is 5.91 Å². The molecule has 0 aliphatic heterocycles. The van der Waals surface area contributed by atoms with Gasteiger partial charge in [0.2, 0.25) is 5.91 Å². The van der Waals surface area contributed by atoms with E-state index in [1.807, 2.05) is 12.1 Å². The first-order chi connectivity index (χ1) is 11.6. The molecule has 1 N–H and O–H groups in total. The summed E-state index contributed by atoms with van der Waals surface area (Å²) in [5.74, 6) is 1.81. The van der Waals surface area contributed by atoms with Gasteiger partial charge < -0.3 is 9.88 Å². The first-order valence-corrected chi connectivity index (χ1v) is 9.33. The van der Waals surface area contributed by atoms with Crippen LogP contribution < -0.4 is 5.32 Å². The molecule has 0 aliphatic carbocycles. The van der Waals surface area contributed by atoms with Crippen molar-refractivity contribution >= 4 is 17.7 Å². The zero-order chi connectivity index (χ0) is 17.4. The molecule has 0 radical (unpaired) electrons. The fourth-order valence-electron chi connectivity index (χ4n) is 2.22. The van der Waals surface area contributed by atoms with Crippen LogP contribution in [0, 0.1) is 5.92 Å². The number of hydrogen-bond donors (Lipinski definition) is 1. The van der Waals surface area contributed by atoms with Crippen LogP contribution in [0.4, 0.5) is 0 Å². The number of hydrogen-bond acceptors (Lipinski definition) is 5. The lowest BCUT2D eigenvalue weighted by molar-refractivity contribution is -0.118. The van der Waals surface area contributed by atoms with Gasteiger partial charge in [-0.05, 0) is 30.9 Å². The van der Waals surface area contributed by atoms with E-state index < -0.39 is 0 Å². The maximum Gasteiger partial charge on any atom is 0.230 e. The molecule has 0 atom stereocenters. The number of carbonyl (C=O) groups excluding carboxylic acids is 1. The fourth-order valence-corrected chi connectivity index (χ4v) is 3.01. The summed E-state index contributed by atoms with van der Waals surface area (Å²) >= 11 is 1.43. The number of nitrogens with one attached hydrogen (secondary N) is 1. The molecule has 7 heteroatoms. The number of amides is 1. The van der Waals surface area contributed by atoms with Gasteiger partial charge in [0.15, 0.2) is 11.0 Å². The highest BCUT2D eigenvalue weighted by Gasteiger charge is 2.15. The molecule has 1 amide bonds. The molecule has 0 saturated heterocycles. The van der Waals surface area contributed by atoms with Gasteiger partial charge in [-0.15, -0.1) is 10.2 Å². The Morgan fingerprint density at radius 2 is 2.04 bits per heavy atom. The van der Waals surface area contributed by atoms with Crippen molar-refractivity contribution in [3.8, 4) is 11.4 Å². The van der Waals surface area contributed by atoms with Crippen LogP contribution >= 0.6 is 11.8 Å². The predicted octanol–water partition coefficient (Wildman–Crippen LogP) is 3.00. The van der Waals surface area contributed by atoms with Crippen molar-refractivity contribution in [2.75, 3.05) is 12.3 Å². The van der Waals surface area contributed by atoms with Crippen molar-refractivity contribution in [1.29, 1.82) is 0 Å². The number of aromatic nitrogens is 4. The van der Waals surface area contributed by atoms with Crippen LogP contribution in [0.1, 0.15) is 33.6 Å². The minimum atomic E-state index is 0.0390. The maximum absolute atomic E-state index is 11.9. The Bertz CT molecular complexity index is 642. The summed E-state index contributed by atoms with van der Waals surface area (Å²) in [4.78, 5) is 16.0. The lowest BCUT2D eigenvalue weighted by Gasteiger charge is -2.09. The van der Waals surface area contributed by atoms with Crippen LogP contribution in [0.3, 0.4) is 0 Å². The molecular weight excluding hydrogens is 322 g/mol. The maximum atomic E-state index is 11.9. The second-order valence-electron chi connectivity index (χ2n) is 6.01. The van der Waals surface area contributed by atoms with E-state index in [1.165, 1.54) is 11.8 Å². The predicted molar refractivity (Wildman–Crippen MR) is 96.7 cm³/mol. The van der Waals surface area contributed by atoms with Crippen LogP contribution in [-0.2, 0) is 11.3 Å². The van der Waals surface area contributed by atoms with Gasteiger partial charge in [-0.25, -0.2) is 0 Å². The largest absolute Gasteiger partial charge is 0.355 e.